The Kier molecular flexibility index (Phi) is 4.35. The van der Waals surface area contributed by atoms with Gasteiger partial charge in [0.25, 0.3) is 0 Å². The first kappa shape index (κ1) is 14.9. The molecule has 4 nitrogen and oxygen atoms in total. The number of rotatable bonds is 4. The summed E-state index contributed by atoms with van der Waals surface area (Å²) in [6.07, 6.45) is -0.724. The quantitative estimate of drug-likeness (QED) is 0.941. The fourth-order valence-electron chi connectivity index (χ4n) is 2.15. The van der Waals surface area contributed by atoms with E-state index in [1.165, 1.54) is 0 Å². The lowest BCUT2D eigenvalue weighted by molar-refractivity contribution is 0.216. The molecule has 1 aromatic heterocycles. The molecule has 0 aliphatic rings. The van der Waals surface area contributed by atoms with Crippen molar-refractivity contribution in [2.75, 3.05) is 0 Å². The zero-order chi connectivity index (χ0) is 14.9. The van der Waals surface area contributed by atoms with E-state index in [9.17, 15) is 5.11 Å². The van der Waals surface area contributed by atoms with Gasteiger partial charge in [-0.3, -0.25) is 4.68 Å². The van der Waals surface area contributed by atoms with Gasteiger partial charge in [0.2, 0.25) is 0 Å². The highest BCUT2D eigenvalue weighted by atomic mass is 35.5. The Labute approximate surface area is 123 Å². The van der Waals surface area contributed by atoms with E-state index < -0.39 is 6.10 Å². The molecule has 0 saturated carbocycles. The molecule has 0 bridgehead atoms. The fraction of sp³-hybridized carbons (Fsp3) is 0.400. The van der Waals surface area contributed by atoms with E-state index in [-0.39, 0.29) is 6.10 Å². The molecule has 1 N–H and O–H groups in total. The molecule has 1 aromatic carbocycles. The van der Waals surface area contributed by atoms with Crippen LogP contribution in [-0.4, -0.2) is 21.0 Å². The summed E-state index contributed by atoms with van der Waals surface area (Å²) in [4.78, 5) is 0. The van der Waals surface area contributed by atoms with E-state index in [4.69, 9.17) is 16.3 Å². The van der Waals surface area contributed by atoms with Gasteiger partial charge in [0.15, 0.2) is 0 Å². The van der Waals surface area contributed by atoms with Crippen LogP contribution in [0, 0.1) is 6.92 Å². The average Bonchev–Trinajstić information content (AvgIpc) is 2.62. The standard InChI is InChI=1S/C15H19ClN2O2/c1-9(2)20-12-7-5-6-11(8-12)14(19)13-10(3)17-18(4)15(13)16/h5-9,14,19H,1-4H3. The normalized spacial score (nSPS) is 12.8. The lowest BCUT2D eigenvalue weighted by Gasteiger charge is -2.14. The SMILES string of the molecule is Cc1nn(C)c(Cl)c1C(O)c1cccc(OC(C)C)c1. The number of hydrogen-bond donors (Lipinski definition) is 1. The largest absolute Gasteiger partial charge is 0.491 e. The summed E-state index contributed by atoms with van der Waals surface area (Å²) in [6.45, 7) is 5.76. The highest BCUT2D eigenvalue weighted by Crippen LogP contribution is 2.32. The number of aliphatic hydroxyl groups excluding tert-OH is 1. The molecule has 0 fully saturated rings. The van der Waals surface area contributed by atoms with Crippen LogP contribution in [0.25, 0.3) is 0 Å². The van der Waals surface area contributed by atoms with Crippen molar-refractivity contribution in [3.8, 4) is 5.75 Å². The lowest BCUT2D eigenvalue weighted by atomic mass is 10.0. The Morgan fingerprint density at radius 3 is 2.60 bits per heavy atom. The predicted octanol–water partition coefficient (Wildman–Crippen LogP) is 3.25. The molecule has 2 aromatic rings. The van der Waals surface area contributed by atoms with Crippen LogP contribution in [0.1, 0.15) is 36.8 Å². The lowest BCUT2D eigenvalue weighted by Crippen LogP contribution is -2.07. The van der Waals surface area contributed by atoms with Gasteiger partial charge in [0, 0.05) is 12.6 Å². The van der Waals surface area contributed by atoms with Gasteiger partial charge in [-0.15, -0.1) is 0 Å². The third-order valence-electron chi connectivity index (χ3n) is 3.02. The van der Waals surface area contributed by atoms with Gasteiger partial charge in [-0.25, -0.2) is 0 Å². The second-order valence-electron chi connectivity index (χ2n) is 5.06. The van der Waals surface area contributed by atoms with Crippen LogP contribution in [0.2, 0.25) is 5.15 Å². The van der Waals surface area contributed by atoms with Crippen LogP contribution in [-0.2, 0) is 7.05 Å². The van der Waals surface area contributed by atoms with E-state index in [2.05, 4.69) is 5.10 Å². The highest BCUT2D eigenvalue weighted by Gasteiger charge is 2.21. The Bertz CT molecular complexity index is 608. The minimum atomic E-state index is -0.813. The summed E-state index contributed by atoms with van der Waals surface area (Å²) in [7, 11) is 1.75. The van der Waals surface area contributed by atoms with Crippen LogP contribution >= 0.6 is 11.6 Å². The summed E-state index contributed by atoms with van der Waals surface area (Å²) in [6, 6.07) is 7.40. The van der Waals surface area contributed by atoms with Crippen molar-refractivity contribution in [1.29, 1.82) is 0 Å². The van der Waals surface area contributed by atoms with E-state index in [0.717, 1.165) is 17.0 Å². The second-order valence-corrected chi connectivity index (χ2v) is 5.41. The van der Waals surface area contributed by atoms with Gasteiger partial charge in [-0.1, -0.05) is 23.7 Å². The maximum atomic E-state index is 10.5. The number of aryl methyl sites for hydroxylation is 2. The molecule has 0 spiro atoms. The average molecular weight is 295 g/mol. The molecule has 1 heterocycles. The van der Waals surface area contributed by atoms with Crippen LogP contribution in [0.5, 0.6) is 5.75 Å². The number of ether oxygens (including phenoxy) is 1. The first-order valence-corrected chi connectivity index (χ1v) is 6.91. The third kappa shape index (κ3) is 2.97. The van der Waals surface area contributed by atoms with Crippen LogP contribution in [0.15, 0.2) is 24.3 Å². The van der Waals surface area contributed by atoms with Gasteiger partial charge < -0.3 is 9.84 Å². The van der Waals surface area contributed by atoms with Crippen LogP contribution in [0.3, 0.4) is 0 Å². The molecule has 5 heteroatoms. The molecule has 0 saturated heterocycles. The number of nitrogens with zero attached hydrogens (tertiary/aromatic N) is 2. The topological polar surface area (TPSA) is 47.3 Å². The molecular weight excluding hydrogens is 276 g/mol. The molecule has 108 valence electrons. The number of benzene rings is 1. The summed E-state index contributed by atoms with van der Waals surface area (Å²) in [5, 5.41) is 15.2. The van der Waals surface area contributed by atoms with E-state index in [1.807, 2.05) is 45.0 Å². The number of halogens is 1. The molecule has 20 heavy (non-hydrogen) atoms. The number of aromatic nitrogens is 2. The van der Waals surface area contributed by atoms with Crippen molar-refractivity contribution in [2.24, 2.45) is 7.05 Å². The van der Waals surface area contributed by atoms with Crippen molar-refractivity contribution in [1.82, 2.24) is 9.78 Å². The van der Waals surface area contributed by atoms with Gasteiger partial charge in [0.05, 0.1) is 11.8 Å². The minimum absolute atomic E-state index is 0.0890. The van der Waals surface area contributed by atoms with E-state index in [1.54, 1.807) is 11.7 Å². The second kappa shape index (κ2) is 5.85. The van der Waals surface area contributed by atoms with Crippen LogP contribution in [0.4, 0.5) is 0 Å². The smallest absolute Gasteiger partial charge is 0.133 e. The minimum Gasteiger partial charge on any atom is -0.491 e. The van der Waals surface area contributed by atoms with Gasteiger partial charge in [0.1, 0.15) is 17.0 Å². The number of aliphatic hydroxyl groups is 1. The number of hydrogen-bond acceptors (Lipinski definition) is 3. The summed E-state index contributed by atoms with van der Waals surface area (Å²) < 4.78 is 7.20. The predicted molar refractivity (Wildman–Crippen MR) is 79.2 cm³/mol. The Hall–Kier alpha value is -1.52. The van der Waals surface area contributed by atoms with E-state index >= 15 is 0 Å². The first-order chi connectivity index (χ1) is 9.40. The zero-order valence-electron chi connectivity index (χ0n) is 12.1. The van der Waals surface area contributed by atoms with Crippen molar-refractivity contribution >= 4 is 11.6 Å². The molecule has 1 atom stereocenters. The summed E-state index contributed by atoms with van der Waals surface area (Å²) in [5.41, 5.74) is 2.09. The molecule has 0 aliphatic heterocycles. The Morgan fingerprint density at radius 2 is 2.05 bits per heavy atom. The summed E-state index contributed by atoms with van der Waals surface area (Å²) in [5.74, 6) is 0.731. The maximum absolute atomic E-state index is 10.5. The van der Waals surface area contributed by atoms with E-state index in [0.29, 0.717) is 10.7 Å². The molecule has 0 amide bonds. The van der Waals surface area contributed by atoms with Gasteiger partial charge in [-0.2, -0.15) is 5.10 Å². The van der Waals surface area contributed by atoms with Crippen molar-refractivity contribution in [3.63, 3.8) is 0 Å². The summed E-state index contributed by atoms with van der Waals surface area (Å²) >= 11 is 6.19. The Balaban J connectivity index is 2.35. The monoisotopic (exact) mass is 294 g/mol. The molecular formula is C15H19ClN2O2. The van der Waals surface area contributed by atoms with Gasteiger partial charge >= 0.3 is 0 Å². The molecule has 0 radical (unpaired) electrons. The molecule has 1 unspecified atom stereocenters. The van der Waals surface area contributed by atoms with Crippen molar-refractivity contribution in [3.05, 3.63) is 46.2 Å². The third-order valence-corrected chi connectivity index (χ3v) is 3.46. The van der Waals surface area contributed by atoms with Crippen molar-refractivity contribution in [2.45, 2.75) is 33.0 Å². The van der Waals surface area contributed by atoms with Crippen LogP contribution < -0.4 is 4.74 Å². The highest BCUT2D eigenvalue weighted by molar-refractivity contribution is 6.30. The molecule has 0 aliphatic carbocycles. The molecule has 2 rings (SSSR count). The zero-order valence-corrected chi connectivity index (χ0v) is 12.8. The van der Waals surface area contributed by atoms with Gasteiger partial charge in [-0.05, 0) is 38.5 Å². The maximum Gasteiger partial charge on any atom is 0.133 e. The first-order valence-electron chi connectivity index (χ1n) is 6.53. The van der Waals surface area contributed by atoms with Crippen molar-refractivity contribution < 1.29 is 9.84 Å². The fourth-order valence-corrected chi connectivity index (χ4v) is 2.43. The Morgan fingerprint density at radius 1 is 1.35 bits per heavy atom.